The van der Waals surface area contributed by atoms with Crippen LogP contribution in [-0.2, 0) is 62.0 Å². The van der Waals surface area contributed by atoms with Crippen molar-refractivity contribution < 1.29 is 51.2 Å². The molecule has 2 heterocycles. The third-order valence-electron chi connectivity index (χ3n) is 16.1. The molecule has 4 aromatic carbocycles. The van der Waals surface area contributed by atoms with Crippen molar-refractivity contribution in [2.24, 2.45) is 35.5 Å². The molecular weight excluding hydrogens is 1250 g/mol. The van der Waals surface area contributed by atoms with E-state index >= 15 is 0 Å². The van der Waals surface area contributed by atoms with Gasteiger partial charge in [0.1, 0.15) is 0 Å². The molecule has 4 aromatic rings. The van der Waals surface area contributed by atoms with Crippen molar-refractivity contribution in [2.75, 3.05) is 25.5 Å². The van der Waals surface area contributed by atoms with Gasteiger partial charge < -0.3 is 24.3 Å². The maximum atomic E-state index is 4.93. The zero-order chi connectivity index (χ0) is 55.1. The van der Waals surface area contributed by atoms with Crippen LogP contribution in [0, 0.1) is 63.6 Å². The molecule has 2 nitrogen and oxygen atoms in total. The normalized spacial score (nSPS) is 23.7. The van der Waals surface area contributed by atoms with Crippen LogP contribution >= 0.6 is 51.2 Å². The van der Waals surface area contributed by atoms with Crippen LogP contribution in [0.4, 0.5) is 0 Å². The molecular formula is C67H94Cl4O2P2SiZr2. The van der Waals surface area contributed by atoms with Gasteiger partial charge >= 0.3 is 75.7 Å². The maximum absolute atomic E-state index is 4.93. The van der Waals surface area contributed by atoms with Crippen LogP contribution in [-0.4, -0.2) is 33.6 Å². The van der Waals surface area contributed by atoms with Crippen molar-refractivity contribution in [1.82, 2.24) is 0 Å². The zero-order valence-electron chi connectivity index (χ0n) is 49.2. The molecule has 2 saturated carbocycles. The summed E-state index contributed by atoms with van der Waals surface area (Å²) in [5.74, 6) is 4.22. The van der Waals surface area contributed by atoms with E-state index in [1.807, 2.05) is 13.2 Å². The van der Waals surface area contributed by atoms with Crippen molar-refractivity contribution in [1.29, 1.82) is 0 Å². The molecule has 2 aliphatic heterocycles. The zero-order valence-corrected chi connectivity index (χ0v) is 60.2. The summed E-state index contributed by atoms with van der Waals surface area (Å²) in [4.78, 5) is 0. The van der Waals surface area contributed by atoms with Crippen LogP contribution in [0.1, 0.15) is 123 Å². The Balaban J connectivity index is 0.000000371. The summed E-state index contributed by atoms with van der Waals surface area (Å²) in [5, 5.41) is 2.99. The molecule has 0 amide bonds. The predicted octanol–water partition coefficient (Wildman–Crippen LogP) is 20.8. The number of fused-ring (bicyclic) bond motifs is 2. The first-order valence-corrected chi connectivity index (χ1v) is 46.0. The Labute approximate surface area is 519 Å². The molecule has 10 rings (SSSR count). The Kier molecular flexibility index (Phi) is 34.4. The number of benzene rings is 4. The number of hydrogen-bond acceptors (Lipinski definition) is 2. The summed E-state index contributed by atoms with van der Waals surface area (Å²) in [6.07, 6.45) is 26.4. The summed E-state index contributed by atoms with van der Waals surface area (Å²) < 4.78 is 9.64. The Morgan fingerprint density at radius 2 is 0.897 bits per heavy atom. The van der Waals surface area contributed by atoms with Crippen molar-refractivity contribution in [3.63, 3.8) is 0 Å². The third-order valence-corrected chi connectivity index (χ3v) is 24.1. The topological polar surface area (TPSA) is 18.5 Å². The number of rotatable bonds is 10. The van der Waals surface area contributed by atoms with Gasteiger partial charge in [-0.3, -0.25) is 0 Å². The second-order valence-corrected chi connectivity index (χ2v) is 39.1. The minimum atomic E-state index is -1.67. The minimum absolute atomic E-state index is 0. The molecule has 2 saturated heterocycles. The van der Waals surface area contributed by atoms with E-state index in [2.05, 4.69) is 214 Å². The SMILES string of the molecule is CC1CC2C(c3ccc(C(C)(C)C)cc3)=CC=CC2C1[Si](C)(C)C1C(C)CC2C(c3ccc(C(C)(C)C)cc3)=CC=CC21.[CH-]1CCCO1.[CH-]1CCCO1.[CH3-].[CH3-].[Cl][Zr+2][Cl].[Cl][Zr+2][Cl].c1ccc(PCCCPc2ccccc2)cc1. The molecule has 0 bridgehead atoms. The average Bonchev–Trinajstić information content (AvgIpc) is 4.27. The number of hydrogen-bond donors (Lipinski definition) is 0. The average molecular weight is 1350 g/mol. The number of halogens is 4. The fraction of sp³-hybridized carbons (Fsp3) is 0.463. The molecule has 10 atom stereocenters. The quantitative estimate of drug-likeness (QED) is 0.0682. The van der Waals surface area contributed by atoms with E-state index in [1.54, 1.807) is 11.1 Å². The van der Waals surface area contributed by atoms with Gasteiger partial charge in [-0.05, 0) is 133 Å². The Bertz CT molecular complexity index is 2200. The first kappa shape index (κ1) is 72.0. The Morgan fingerprint density at radius 3 is 1.18 bits per heavy atom. The van der Waals surface area contributed by atoms with E-state index in [0.29, 0.717) is 23.7 Å². The molecule has 0 aromatic heterocycles. The molecule has 4 aliphatic carbocycles. The van der Waals surface area contributed by atoms with E-state index in [0.717, 1.165) is 66.1 Å². The second kappa shape index (κ2) is 37.2. The van der Waals surface area contributed by atoms with Gasteiger partial charge in [0.05, 0.1) is 8.07 Å². The smallest absolute Gasteiger partial charge is 0.0271 e. The van der Waals surface area contributed by atoms with Gasteiger partial charge in [-0.25, -0.2) is 13.2 Å². The maximum Gasteiger partial charge on any atom is -0.0271 e. The van der Waals surface area contributed by atoms with Crippen molar-refractivity contribution in [2.45, 2.75) is 135 Å². The molecule has 10 unspecified atom stereocenters. The van der Waals surface area contributed by atoms with Crippen LogP contribution in [0.15, 0.2) is 146 Å². The minimum Gasteiger partial charge on any atom is -0.0904 e. The molecule has 0 spiro atoms. The van der Waals surface area contributed by atoms with Gasteiger partial charge in [-0.2, -0.15) is 12.8 Å². The van der Waals surface area contributed by atoms with E-state index in [-0.39, 0.29) is 25.7 Å². The number of ether oxygens (including phenoxy) is 2. The van der Waals surface area contributed by atoms with Crippen LogP contribution in [0.5, 0.6) is 0 Å². The second-order valence-electron chi connectivity index (χ2n) is 23.8. The first-order chi connectivity index (χ1) is 36.5. The van der Waals surface area contributed by atoms with E-state index < -0.39 is 49.8 Å². The molecule has 0 radical (unpaired) electrons. The summed E-state index contributed by atoms with van der Waals surface area (Å²) in [5.41, 5.74) is 10.9. The molecule has 424 valence electrons. The summed E-state index contributed by atoms with van der Waals surface area (Å²) in [7, 11) is 20.0. The van der Waals surface area contributed by atoms with E-state index in [1.165, 1.54) is 77.3 Å². The fourth-order valence-electron chi connectivity index (χ4n) is 12.8. The van der Waals surface area contributed by atoms with Crippen molar-refractivity contribution >= 4 is 81.0 Å². The van der Waals surface area contributed by atoms with Crippen LogP contribution in [0.25, 0.3) is 11.1 Å². The van der Waals surface area contributed by atoms with E-state index in [4.69, 9.17) is 43.5 Å². The van der Waals surface area contributed by atoms with E-state index in [9.17, 15) is 0 Å². The van der Waals surface area contributed by atoms with Gasteiger partial charge in [0.2, 0.25) is 0 Å². The molecule has 0 N–H and O–H groups in total. The van der Waals surface area contributed by atoms with Gasteiger partial charge in [-0.1, -0.05) is 244 Å². The predicted molar refractivity (Wildman–Crippen MR) is 349 cm³/mol. The molecule has 11 heteroatoms. The summed E-state index contributed by atoms with van der Waals surface area (Å²) >= 11 is -1.65. The summed E-state index contributed by atoms with van der Waals surface area (Å²) in [6, 6.07) is 40.7. The van der Waals surface area contributed by atoms with Crippen LogP contribution < -0.4 is 10.6 Å². The van der Waals surface area contributed by atoms with Gasteiger partial charge in [0.25, 0.3) is 0 Å². The van der Waals surface area contributed by atoms with Crippen LogP contribution in [0.3, 0.4) is 0 Å². The molecule has 4 fully saturated rings. The summed E-state index contributed by atoms with van der Waals surface area (Å²) in [6.45, 7) is 30.3. The van der Waals surface area contributed by atoms with Gasteiger partial charge in [0.15, 0.2) is 0 Å². The van der Waals surface area contributed by atoms with Crippen molar-refractivity contribution in [3.05, 3.63) is 196 Å². The fourth-order valence-corrected chi connectivity index (χ4v) is 21.6. The first-order valence-electron chi connectivity index (χ1n) is 27.8. The Hall–Kier alpha value is -0.237. The monoisotopic (exact) mass is 1340 g/mol. The standard InChI is InChI=1S/C42H56Si.C15H18P2.2C4H7O.2CH3.4ClH.2Zr/c1-27-25-37-33(29-17-21-31(22-18-29)41(3,4)5)13-11-15-35(37)39(27)43(9,10)40-28(2)26-38-34(14-12-16-36(38)40)30-19-23-32(24-20-30)42(6,7)8;1-3-8-14(9-4-1)16-12-7-13-17-15-10-5-2-6-11-15;2*1-2-4-5-3-1;;;;;;;;/h11-24,27-28,35-40H,25-26H2,1-10H3;1-6,8-11,16-17H,7,12-13H2;2*3H,1-2,4H2;2*1H3;4*1H;;/q;;4*-1;;;;;2*+4/p-4. The van der Waals surface area contributed by atoms with Gasteiger partial charge in [0, 0.05) is 13.2 Å². The molecule has 6 aliphatic rings. The van der Waals surface area contributed by atoms with Crippen molar-refractivity contribution in [3.8, 4) is 0 Å². The van der Waals surface area contributed by atoms with Gasteiger partial charge in [-0.15, -0.1) is 0 Å². The number of allylic oxidation sites excluding steroid dienone is 8. The molecule has 78 heavy (non-hydrogen) atoms. The largest absolute Gasteiger partial charge is 0.0904 e. The third kappa shape index (κ3) is 22.3. The Morgan fingerprint density at radius 1 is 0.551 bits per heavy atom. The van der Waals surface area contributed by atoms with Crippen LogP contribution in [0.2, 0.25) is 24.2 Å².